The SMILES string of the molecule is CC1CC1CCCC1CCCCC1. The fourth-order valence-electron chi connectivity index (χ4n) is 2.95. The summed E-state index contributed by atoms with van der Waals surface area (Å²) in [6.45, 7) is 2.41. The molecule has 2 atom stereocenters. The van der Waals surface area contributed by atoms with Crippen molar-refractivity contribution in [3.63, 3.8) is 0 Å². The highest BCUT2D eigenvalue weighted by molar-refractivity contribution is 4.82. The van der Waals surface area contributed by atoms with Crippen LogP contribution in [0.4, 0.5) is 0 Å². The van der Waals surface area contributed by atoms with Gasteiger partial charge in [0.2, 0.25) is 0 Å². The maximum atomic E-state index is 2.41. The van der Waals surface area contributed by atoms with Crippen molar-refractivity contribution in [3.05, 3.63) is 0 Å². The van der Waals surface area contributed by atoms with E-state index < -0.39 is 0 Å². The number of hydrogen-bond donors (Lipinski definition) is 0. The van der Waals surface area contributed by atoms with Crippen LogP contribution in [0.25, 0.3) is 0 Å². The quantitative estimate of drug-likeness (QED) is 0.602. The molecule has 0 saturated heterocycles. The Morgan fingerprint density at radius 3 is 2.31 bits per heavy atom. The van der Waals surface area contributed by atoms with Crippen LogP contribution in [0.3, 0.4) is 0 Å². The predicted molar refractivity (Wildman–Crippen MR) is 57.7 cm³/mol. The van der Waals surface area contributed by atoms with Gasteiger partial charge >= 0.3 is 0 Å². The van der Waals surface area contributed by atoms with Gasteiger partial charge in [0, 0.05) is 0 Å². The summed E-state index contributed by atoms with van der Waals surface area (Å²) in [5.74, 6) is 3.32. The normalized spacial score (nSPS) is 34.8. The minimum Gasteiger partial charge on any atom is -0.0622 e. The Morgan fingerprint density at radius 2 is 1.69 bits per heavy atom. The van der Waals surface area contributed by atoms with E-state index in [4.69, 9.17) is 0 Å². The lowest BCUT2D eigenvalue weighted by Gasteiger charge is -2.21. The molecule has 0 spiro atoms. The van der Waals surface area contributed by atoms with Crippen LogP contribution >= 0.6 is 0 Å². The lowest BCUT2D eigenvalue weighted by atomic mass is 9.85. The summed E-state index contributed by atoms with van der Waals surface area (Å²) in [6, 6.07) is 0. The van der Waals surface area contributed by atoms with Crippen molar-refractivity contribution in [2.24, 2.45) is 17.8 Å². The van der Waals surface area contributed by atoms with Crippen LogP contribution in [-0.4, -0.2) is 0 Å². The van der Waals surface area contributed by atoms with E-state index in [-0.39, 0.29) is 0 Å². The monoisotopic (exact) mass is 180 g/mol. The van der Waals surface area contributed by atoms with E-state index in [0.717, 1.165) is 17.8 Å². The molecule has 0 nitrogen and oxygen atoms in total. The molecule has 0 amide bonds. The first kappa shape index (κ1) is 9.55. The van der Waals surface area contributed by atoms with Gasteiger partial charge in [-0.3, -0.25) is 0 Å². The van der Waals surface area contributed by atoms with Crippen molar-refractivity contribution in [2.45, 2.75) is 64.7 Å². The molecular weight excluding hydrogens is 156 g/mol. The first-order valence-electron chi connectivity index (χ1n) is 6.36. The Kier molecular flexibility index (Phi) is 3.29. The molecule has 0 aromatic heterocycles. The smallest absolute Gasteiger partial charge is 0.0386 e. The van der Waals surface area contributed by atoms with Crippen LogP contribution in [0, 0.1) is 17.8 Å². The summed E-state index contributed by atoms with van der Waals surface area (Å²) in [5.41, 5.74) is 0. The largest absolute Gasteiger partial charge is 0.0622 e. The topological polar surface area (TPSA) is 0 Å². The Bertz CT molecular complexity index is 144. The highest BCUT2D eigenvalue weighted by Gasteiger charge is 2.31. The van der Waals surface area contributed by atoms with Crippen molar-refractivity contribution in [1.82, 2.24) is 0 Å². The molecular formula is C13H24. The van der Waals surface area contributed by atoms with Gasteiger partial charge in [-0.25, -0.2) is 0 Å². The molecule has 2 fully saturated rings. The fraction of sp³-hybridized carbons (Fsp3) is 1.00. The molecule has 13 heavy (non-hydrogen) atoms. The second-order valence-electron chi connectivity index (χ2n) is 5.41. The predicted octanol–water partition coefficient (Wildman–Crippen LogP) is 4.39. The van der Waals surface area contributed by atoms with Gasteiger partial charge in [-0.15, -0.1) is 0 Å². The Morgan fingerprint density at radius 1 is 1.00 bits per heavy atom. The first-order chi connectivity index (χ1) is 6.36. The molecule has 0 heterocycles. The van der Waals surface area contributed by atoms with Crippen molar-refractivity contribution in [2.75, 3.05) is 0 Å². The van der Waals surface area contributed by atoms with E-state index in [2.05, 4.69) is 6.92 Å². The standard InChI is InChI=1S/C13H24/c1-11-10-13(11)9-5-8-12-6-3-2-4-7-12/h11-13H,2-10H2,1H3. The molecule has 0 bridgehead atoms. The number of hydrogen-bond acceptors (Lipinski definition) is 0. The van der Waals surface area contributed by atoms with E-state index in [9.17, 15) is 0 Å². The third-order valence-corrected chi connectivity index (χ3v) is 4.19. The molecule has 0 aromatic carbocycles. The highest BCUT2D eigenvalue weighted by Crippen LogP contribution is 2.42. The molecule has 2 rings (SSSR count). The van der Waals surface area contributed by atoms with Crippen LogP contribution in [0.2, 0.25) is 0 Å². The van der Waals surface area contributed by atoms with Crippen molar-refractivity contribution >= 4 is 0 Å². The van der Waals surface area contributed by atoms with Gasteiger partial charge in [0.25, 0.3) is 0 Å². The molecule has 2 aliphatic carbocycles. The van der Waals surface area contributed by atoms with E-state index >= 15 is 0 Å². The van der Waals surface area contributed by atoms with Gasteiger partial charge in [0.15, 0.2) is 0 Å². The lowest BCUT2D eigenvalue weighted by molar-refractivity contribution is 0.326. The lowest BCUT2D eigenvalue weighted by Crippen LogP contribution is -2.05. The average Bonchev–Trinajstić information content (AvgIpc) is 2.84. The summed E-state index contributed by atoms with van der Waals surface area (Å²) in [7, 11) is 0. The molecule has 0 radical (unpaired) electrons. The maximum absolute atomic E-state index is 2.41. The van der Waals surface area contributed by atoms with Crippen molar-refractivity contribution < 1.29 is 0 Å². The maximum Gasteiger partial charge on any atom is -0.0386 e. The summed E-state index contributed by atoms with van der Waals surface area (Å²) < 4.78 is 0. The highest BCUT2D eigenvalue weighted by atomic mass is 14.4. The number of rotatable bonds is 4. The molecule has 0 N–H and O–H groups in total. The Labute approximate surface area is 83.1 Å². The summed E-state index contributed by atoms with van der Waals surface area (Å²) in [4.78, 5) is 0. The fourth-order valence-corrected chi connectivity index (χ4v) is 2.95. The average molecular weight is 180 g/mol. The van der Waals surface area contributed by atoms with Crippen molar-refractivity contribution in [3.8, 4) is 0 Å². The second kappa shape index (κ2) is 4.48. The van der Waals surface area contributed by atoms with Crippen LogP contribution in [0.5, 0.6) is 0 Å². The summed E-state index contributed by atoms with van der Waals surface area (Å²) in [6.07, 6.45) is 13.8. The second-order valence-corrected chi connectivity index (χ2v) is 5.41. The van der Waals surface area contributed by atoms with Gasteiger partial charge in [0.05, 0.1) is 0 Å². The van der Waals surface area contributed by atoms with E-state index in [0.29, 0.717) is 0 Å². The van der Waals surface area contributed by atoms with Crippen LogP contribution < -0.4 is 0 Å². The molecule has 0 aromatic rings. The molecule has 2 saturated carbocycles. The molecule has 0 aliphatic heterocycles. The molecule has 2 unspecified atom stereocenters. The minimum atomic E-state index is 1.08. The van der Waals surface area contributed by atoms with Crippen molar-refractivity contribution in [1.29, 1.82) is 0 Å². The van der Waals surface area contributed by atoms with E-state index in [1.54, 1.807) is 19.3 Å². The Hall–Kier alpha value is 0. The molecule has 2 aliphatic rings. The van der Waals surface area contributed by atoms with Gasteiger partial charge in [-0.2, -0.15) is 0 Å². The van der Waals surface area contributed by atoms with Gasteiger partial charge in [-0.05, 0) is 24.2 Å². The summed E-state index contributed by atoms with van der Waals surface area (Å²) >= 11 is 0. The van der Waals surface area contributed by atoms with E-state index in [1.807, 2.05) is 0 Å². The molecule has 0 heteroatoms. The van der Waals surface area contributed by atoms with Crippen LogP contribution in [-0.2, 0) is 0 Å². The Balaban J connectivity index is 1.51. The third-order valence-electron chi connectivity index (χ3n) is 4.19. The minimum absolute atomic E-state index is 1.08. The zero-order valence-electron chi connectivity index (χ0n) is 9.10. The van der Waals surface area contributed by atoms with Crippen LogP contribution in [0.15, 0.2) is 0 Å². The van der Waals surface area contributed by atoms with Crippen LogP contribution in [0.1, 0.15) is 64.7 Å². The van der Waals surface area contributed by atoms with Gasteiger partial charge < -0.3 is 0 Å². The van der Waals surface area contributed by atoms with Gasteiger partial charge in [0.1, 0.15) is 0 Å². The molecule has 76 valence electrons. The zero-order valence-corrected chi connectivity index (χ0v) is 9.10. The third kappa shape index (κ3) is 3.00. The first-order valence-corrected chi connectivity index (χ1v) is 6.36. The van der Waals surface area contributed by atoms with E-state index in [1.165, 1.54) is 38.5 Å². The zero-order chi connectivity index (χ0) is 9.10. The summed E-state index contributed by atoms with van der Waals surface area (Å²) in [5, 5.41) is 0. The van der Waals surface area contributed by atoms with Gasteiger partial charge in [-0.1, -0.05) is 58.3 Å².